The Bertz CT molecular complexity index is 182. The number of nitrogens with one attached hydrogen (secondary N) is 1. The van der Waals surface area contributed by atoms with Crippen LogP contribution in [0.5, 0.6) is 0 Å². The lowest BCUT2D eigenvalue weighted by atomic mass is 10.3. The van der Waals surface area contributed by atoms with Crippen LogP contribution < -0.4 is 23.2 Å². The second-order valence-electron chi connectivity index (χ2n) is 2.08. The molecule has 0 rings (SSSR count). The van der Waals surface area contributed by atoms with Crippen molar-refractivity contribution in [2.75, 3.05) is 6.54 Å². The van der Waals surface area contributed by atoms with Crippen LogP contribution in [-0.4, -0.2) is 29.5 Å². The molecule has 8 nitrogen and oxygen atoms in total. The monoisotopic (exact) mass is 176 g/mol. The molecule has 0 fully saturated rings. The lowest BCUT2D eigenvalue weighted by molar-refractivity contribution is -0.146. The Kier molecular flexibility index (Phi) is 3.97. The van der Waals surface area contributed by atoms with Crippen LogP contribution in [0.2, 0.25) is 0 Å². The van der Waals surface area contributed by atoms with Crippen molar-refractivity contribution in [1.29, 1.82) is 5.41 Å². The van der Waals surface area contributed by atoms with Crippen LogP contribution in [0.3, 0.4) is 0 Å². The molecule has 0 unspecified atom stereocenters. The second-order valence-corrected chi connectivity index (χ2v) is 2.08. The standard InChI is InChI=1S/C4H12N6O2/c5-2(3(11)12-9)1-10(8)4(6)7/h2H,1,5,8-9H2,(H3,6,7)/t2-/m0/s1. The fourth-order valence-corrected chi connectivity index (χ4v) is 0.472. The molecule has 0 heterocycles. The highest BCUT2D eigenvalue weighted by molar-refractivity contribution is 5.78. The summed E-state index contributed by atoms with van der Waals surface area (Å²) in [6.45, 7) is -0.120. The Hall–Kier alpha value is -1.38. The molecule has 9 N–H and O–H groups in total. The predicted octanol–water partition coefficient (Wildman–Crippen LogP) is -3.20. The molecule has 1 atom stereocenters. The molecule has 0 aliphatic rings. The molecule has 12 heavy (non-hydrogen) atoms. The van der Waals surface area contributed by atoms with Crippen LogP contribution in [0.4, 0.5) is 0 Å². The maximum Gasteiger partial charge on any atom is 0.343 e. The predicted molar refractivity (Wildman–Crippen MR) is 41.1 cm³/mol. The fraction of sp³-hybridized carbons (Fsp3) is 0.500. The first-order chi connectivity index (χ1) is 5.49. The number of hydrogen-bond acceptors (Lipinski definition) is 6. The zero-order chi connectivity index (χ0) is 9.72. The van der Waals surface area contributed by atoms with Crippen molar-refractivity contribution in [1.82, 2.24) is 5.01 Å². The molecule has 0 aliphatic carbocycles. The van der Waals surface area contributed by atoms with Crippen molar-refractivity contribution >= 4 is 11.9 Å². The van der Waals surface area contributed by atoms with E-state index in [1.165, 1.54) is 0 Å². The van der Waals surface area contributed by atoms with E-state index in [-0.39, 0.29) is 6.54 Å². The molecule has 0 amide bonds. The Morgan fingerprint density at radius 3 is 2.50 bits per heavy atom. The largest absolute Gasteiger partial charge is 0.372 e. The maximum absolute atomic E-state index is 10.6. The minimum absolute atomic E-state index is 0.120. The summed E-state index contributed by atoms with van der Waals surface area (Å²) in [4.78, 5) is 14.4. The van der Waals surface area contributed by atoms with Crippen LogP contribution in [0.25, 0.3) is 0 Å². The van der Waals surface area contributed by atoms with E-state index in [1.54, 1.807) is 0 Å². The minimum atomic E-state index is -1.01. The van der Waals surface area contributed by atoms with Crippen molar-refractivity contribution < 1.29 is 9.63 Å². The number of hydrazine groups is 1. The summed E-state index contributed by atoms with van der Waals surface area (Å²) < 4.78 is 0. The quantitative estimate of drug-likeness (QED) is 0.131. The van der Waals surface area contributed by atoms with Crippen molar-refractivity contribution in [2.45, 2.75) is 6.04 Å². The van der Waals surface area contributed by atoms with E-state index in [0.29, 0.717) is 0 Å². The third kappa shape index (κ3) is 3.14. The van der Waals surface area contributed by atoms with Gasteiger partial charge in [-0.25, -0.2) is 10.6 Å². The first-order valence-electron chi connectivity index (χ1n) is 3.01. The molecule has 0 bridgehead atoms. The van der Waals surface area contributed by atoms with Crippen LogP contribution in [0, 0.1) is 5.41 Å². The van der Waals surface area contributed by atoms with Crippen molar-refractivity contribution in [3.8, 4) is 0 Å². The summed E-state index contributed by atoms with van der Waals surface area (Å²) in [5, 5.41) is 7.64. The highest BCUT2D eigenvalue weighted by Gasteiger charge is 2.17. The zero-order valence-electron chi connectivity index (χ0n) is 6.36. The van der Waals surface area contributed by atoms with Gasteiger partial charge in [-0.1, -0.05) is 0 Å². The number of hydrogen-bond donors (Lipinski definition) is 5. The number of carbonyl (C=O) groups is 1. The van der Waals surface area contributed by atoms with Crippen molar-refractivity contribution in [3.05, 3.63) is 0 Å². The number of carbonyl (C=O) groups excluding carboxylic acids is 1. The topological polar surface area (TPSA) is 157 Å². The van der Waals surface area contributed by atoms with Gasteiger partial charge < -0.3 is 16.3 Å². The van der Waals surface area contributed by atoms with E-state index >= 15 is 0 Å². The van der Waals surface area contributed by atoms with Gasteiger partial charge in [0.2, 0.25) is 5.96 Å². The van der Waals surface area contributed by atoms with Gasteiger partial charge in [-0.3, -0.25) is 10.4 Å². The maximum atomic E-state index is 10.6. The Morgan fingerprint density at radius 2 is 2.17 bits per heavy atom. The van der Waals surface area contributed by atoms with Gasteiger partial charge in [0.1, 0.15) is 6.04 Å². The normalized spacial score (nSPS) is 11.9. The van der Waals surface area contributed by atoms with Crippen LogP contribution >= 0.6 is 0 Å². The summed E-state index contributed by atoms with van der Waals surface area (Å²) in [6.07, 6.45) is 0. The number of rotatable bonds is 3. The molecular weight excluding hydrogens is 164 g/mol. The Labute approximate surface area is 68.8 Å². The summed E-state index contributed by atoms with van der Waals surface area (Å²) in [6, 6.07) is -1.01. The summed E-state index contributed by atoms with van der Waals surface area (Å²) >= 11 is 0. The number of nitrogens with two attached hydrogens (primary N) is 4. The summed E-state index contributed by atoms with van der Waals surface area (Å²) in [5.41, 5.74) is 10.2. The molecule has 0 aliphatic heterocycles. The van der Waals surface area contributed by atoms with E-state index in [0.717, 1.165) is 5.01 Å². The summed E-state index contributed by atoms with van der Waals surface area (Å²) in [5.74, 6) is 8.51. The van der Waals surface area contributed by atoms with E-state index in [2.05, 4.69) is 10.7 Å². The molecule has 8 heteroatoms. The van der Waals surface area contributed by atoms with E-state index in [4.69, 9.17) is 22.7 Å². The number of guanidine groups is 1. The van der Waals surface area contributed by atoms with Crippen LogP contribution in [0.1, 0.15) is 0 Å². The summed E-state index contributed by atoms with van der Waals surface area (Å²) in [7, 11) is 0. The first-order valence-corrected chi connectivity index (χ1v) is 3.01. The fourth-order valence-electron chi connectivity index (χ4n) is 0.472. The average Bonchev–Trinajstić information content (AvgIpc) is 2.02. The zero-order valence-corrected chi connectivity index (χ0v) is 6.36. The van der Waals surface area contributed by atoms with Gasteiger partial charge in [0, 0.05) is 0 Å². The lowest BCUT2D eigenvalue weighted by Crippen LogP contribution is -2.51. The Balaban J connectivity index is 3.91. The molecule has 0 spiro atoms. The highest BCUT2D eigenvalue weighted by Crippen LogP contribution is 1.84. The third-order valence-corrected chi connectivity index (χ3v) is 1.12. The lowest BCUT2D eigenvalue weighted by Gasteiger charge is -2.18. The number of nitrogens with zero attached hydrogens (tertiary/aromatic N) is 1. The van der Waals surface area contributed by atoms with E-state index in [9.17, 15) is 4.79 Å². The molecule has 0 saturated carbocycles. The Morgan fingerprint density at radius 1 is 1.67 bits per heavy atom. The van der Waals surface area contributed by atoms with Crippen molar-refractivity contribution in [2.24, 2.45) is 23.2 Å². The van der Waals surface area contributed by atoms with E-state index < -0.39 is 18.0 Å². The molecule has 0 aromatic rings. The molecule has 70 valence electrons. The van der Waals surface area contributed by atoms with Crippen molar-refractivity contribution in [3.63, 3.8) is 0 Å². The first kappa shape index (κ1) is 10.6. The molecule has 0 saturated heterocycles. The third-order valence-electron chi connectivity index (χ3n) is 1.12. The van der Waals surface area contributed by atoms with Gasteiger partial charge >= 0.3 is 5.97 Å². The van der Waals surface area contributed by atoms with Gasteiger partial charge in [-0.2, -0.15) is 5.90 Å². The van der Waals surface area contributed by atoms with Gasteiger partial charge in [0.05, 0.1) is 6.54 Å². The van der Waals surface area contributed by atoms with Crippen LogP contribution in [0.15, 0.2) is 0 Å². The van der Waals surface area contributed by atoms with Gasteiger partial charge in [0.15, 0.2) is 0 Å². The van der Waals surface area contributed by atoms with Gasteiger partial charge in [-0.15, -0.1) is 0 Å². The van der Waals surface area contributed by atoms with Crippen LogP contribution in [-0.2, 0) is 9.63 Å². The second kappa shape index (κ2) is 4.49. The van der Waals surface area contributed by atoms with E-state index in [1.807, 2.05) is 0 Å². The molecular formula is C4H12N6O2. The highest BCUT2D eigenvalue weighted by atomic mass is 16.7. The molecule has 0 radical (unpaired) electrons. The molecule has 0 aromatic carbocycles. The minimum Gasteiger partial charge on any atom is -0.372 e. The SMILES string of the molecule is N=C(N)N(N)C[C@H](N)C(=O)ON. The van der Waals surface area contributed by atoms with Gasteiger partial charge in [-0.05, 0) is 0 Å². The molecule has 0 aromatic heterocycles. The average molecular weight is 176 g/mol. The smallest absolute Gasteiger partial charge is 0.343 e. The van der Waals surface area contributed by atoms with Gasteiger partial charge in [0.25, 0.3) is 0 Å².